The monoisotopic (exact) mass is 357 g/mol. The van der Waals surface area contributed by atoms with Crippen molar-refractivity contribution in [3.8, 4) is 28.1 Å². The van der Waals surface area contributed by atoms with Gasteiger partial charge in [0, 0.05) is 17.0 Å². The molecule has 0 spiro atoms. The summed E-state index contributed by atoms with van der Waals surface area (Å²) >= 11 is 0. The summed E-state index contributed by atoms with van der Waals surface area (Å²) in [6.07, 6.45) is 1.81. The number of fused-ring (bicyclic) bond motifs is 1. The van der Waals surface area contributed by atoms with Gasteiger partial charge in [0.1, 0.15) is 11.4 Å². The summed E-state index contributed by atoms with van der Waals surface area (Å²) in [4.78, 5) is 4.93. The van der Waals surface area contributed by atoms with Crippen LogP contribution < -0.4 is 4.74 Å². The molecule has 136 valence electrons. The lowest BCUT2D eigenvalue weighted by atomic mass is 10.0. The number of methoxy groups -OCH3 is 1. The SMILES string of the molecule is CCc1cc(CC)n2nc(-c3ccc(OC)cc3)c(-c3ccccc3)c2n1. The third-order valence-corrected chi connectivity index (χ3v) is 4.87. The molecule has 0 aliphatic rings. The van der Waals surface area contributed by atoms with Gasteiger partial charge in [0.05, 0.1) is 12.7 Å². The molecule has 0 N–H and O–H groups in total. The third-order valence-electron chi connectivity index (χ3n) is 4.87. The molecule has 0 radical (unpaired) electrons. The van der Waals surface area contributed by atoms with E-state index in [9.17, 15) is 0 Å². The minimum atomic E-state index is 0.837. The van der Waals surface area contributed by atoms with E-state index in [-0.39, 0.29) is 0 Å². The summed E-state index contributed by atoms with van der Waals surface area (Å²) in [6, 6.07) is 20.6. The van der Waals surface area contributed by atoms with Crippen LogP contribution in [0.1, 0.15) is 25.2 Å². The fourth-order valence-corrected chi connectivity index (χ4v) is 3.39. The van der Waals surface area contributed by atoms with Gasteiger partial charge in [-0.1, -0.05) is 44.2 Å². The quantitative estimate of drug-likeness (QED) is 0.493. The Bertz CT molecular complexity index is 1070. The average molecular weight is 357 g/mol. The van der Waals surface area contributed by atoms with Crippen molar-refractivity contribution in [3.63, 3.8) is 0 Å². The number of hydrogen-bond donors (Lipinski definition) is 0. The van der Waals surface area contributed by atoms with Crippen molar-refractivity contribution >= 4 is 5.65 Å². The van der Waals surface area contributed by atoms with Gasteiger partial charge in [-0.2, -0.15) is 5.10 Å². The molecular formula is C23H23N3O. The summed E-state index contributed by atoms with van der Waals surface area (Å²) in [5.41, 5.74) is 7.39. The highest BCUT2D eigenvalue weighted by Gasteiger charge is 2.19. The van der Waals surface area contributed by atoms with Gasteiger partial charge in [-0.25, -0.2) is 9.50 Å². The molecule has 0 amide bonds. The summed E-state index contributed by atoms with van der Waals surface area (Å²) < 4.78 is 7.31. The lowest BCUT2D eigenvalue weighted by Crippen LogP contribution is -2.02. The Morgan fingerprint density at radius 1 is 0.889 bits per heavy atom. The van der Waals surface area contributed by atoms with Gasteiger partial charge in [0.25, 0.3) is 0 Å². The second-order valence-electron chi connectivity index (χ2n) is 6.50. The molecule has 27 heavy (non-hydrogen) atoms. The van der Waals surface area contributed by atoms with E-state index in [1.807, 2.05) is 22.7 Å². The molecule has 0 unspecified atom stereocenters. The Labute approximate surface area is 159 Å². The van der Waals surface area contributed by atoms with Gasteiger partial charge in [-0.3, -0.25) is 0 Å². The topological polar surface area (TPSA) is 39.4 Å². The molecule has 0 aliphatic heterocycles. The minimum Gasteiger partial charge on any atom is -0.497 e. The molecule has 2 aromatic heterocycles. The van der Waals surface area contributed by atoms with Crippen molar-refractivity contribution in [2.24, 2.45) is 0 Å². The van der Waals surface area contributed by atoms with Crippen LogP contribution in [0.5, 0.6) is 5.75 Å². The van der Waals surface area contributed by atoms with Crippen LogP contribution >= 0.6 is 0 Å². The molecule has 4 heteroatoms. The first-order valence-electron chi connectivity index (χ1n) is 9.36. The number of rotatable bonds is 5. The highest BCUT2D eigenvalue weighted by molar-refractivity contribution is 5.90. The number of benzene rings is 2. The zero-order valence-corrected chi connectivity index (χ0v) is 15.9. The molecule has 0 aliphatic carbocycles. The van der Waals surface area contributed by atoms with Crippen LogP contribution in [0.15, 0.2) is 60.7 Å². The first-order valence-corrected chi connectivity index (χ1v) is 9.36. The number of ether oxygens (including phenoxy) is 1. The van der Waals surface area contributed by atoms with Crippen LogP contribution in [0, 0.1) is 0 Å². The predicted octanol–water partition coefficient (Wildman–Crippen LogP) is 5.20. The standard InChI is InChI=1S/C23H23N3O/c1-4-18-15-19(5-2)26-23(24-18)21(16-9-7-6-8-10-16)22(25-26)17-11-13-20(27-3)14-12-17/h6-15H,4-5H2,1-3H3. The molecule has 0 saturated carbocycles. The van der Waals surface area contributed by atoms with E-state index in [4.69, 9.17) is 14.8 Å². The Morgan fingerprint density at radius 3 is 2.26 bits per heavy atom. The number of nitrogens with zero attached hydrogens (tertiary/aromatic N) is 3. The highest BCUT2D eigenvalue weighted by Crippen LogP contribution is 2.35. The second kappa shape index (κ2) is 7.23. The van der Waals surface area contributed by atoms with Gasteiger partial charge in [-0.15, -0.1) is 0 Å². The van der Waals surface area contributed by atoms with Crippen LogP contribution in [0.4, 0.5) is 0 Å². The van der Waals surface area contributed by atoms with Crippen molar-refractivity contribution in [1.29, 1.82) is 0 Å². The molecule has 0 atom stereocenters. The van der Waals surface area contributed by atoms with Gasteiger partial charge in [0.15, 0.2) is 5.65 Å². The first kappa shape index (κ1) is 17.3. The van der Waals surface area contributed by atoms with Crippen LogP contribution in [0.3, 0.4) is 0 Å². The molecule has 0 bridgehead atoms. The van der Waals surface area contributed by atoms with Crippen LogP contribution in [-0.4, -0.2) is 21.7 Å². The van der Waals surface area contributed by atoms with Gasteiger partial charge >= 0.3 is 0 Å². The van der Waals surface area contributed by atoms with Gasteiger partial charge in [-0.05, 0) is 48.7 Å². The maximum Gasteiger partial charge on any atom is 0.164 e. The summed E-state index contributed by atoms with van der Waals surface area (Å²) in [5, 5.41) is 4.97. The van der Waals surface area contributed by atoms with E-state index in [1.165, 1.54) is 5.69 Å². The molecule has 2 heterocycles. The summed E-state index contributed by atoms with van der Waals surface area (Å²) in [5.74, 6) is 0.837. The Balaban J connectivity index is 2.04. The normalized spacial score (nSPS) is 11.1. The summed E-state index contributed by atoms with van der Waals surface area (Å²) in [6.45, 7) is 4.30. The second-order valence-corrected chi connectivity index (χ2v) is 6.50. The lowest BCUT2D eigenvalue weighted by Gasteiger charge is -2.06. The largest absolute Gasteiger partial charge is 0.497 e. The van der Waals surface area contributed by atoms with Crippen molar-refractivity contribution in [1.82, 2.24) is 14.6 Å². The van der Waals surface area contributed by atoms with Gasteiger partial charge in [0.2, 0.25) is 0 Å². The summed E-state index contributed by atoms with van der Waals surface area (Å²) in [7, 11) is 1.68. The predicted molar refractivity (Wildman–Crippen MR) is 109 cm³/mol. The van der Waals surface area contributed by atoms with Gasteiger partial charge < -0.3 is 4.74 Å². The Hall–Kier alpha value is -3.14. The molecule has 4 rings (SSSR count). The van der Waals surface area contributed by atoms with E-state index in [0.717, 1.165) is 52.3 Å². The van der Waals surface area contributed by atoms with Crippen LogP contribution in [0.2, 0.25) is 0 Å². The maximum absolute atomic E-state index is 5.31. The minimum absolute atomic E-state index is 0.837. The first-order chi connectivity index (χ1) is 13.2. The highest BCUT2D eigenvalue weighted by atomic mass is 16.5. The van der Waals surface area contributed by atoms with E-state index in [2.05, 4.69) is 56.3 Å². The van der Waals surface area contributed by atoms with Crippen LogP contribution in [0.25, 0.3) is 28.0 Å². The van der Waals surface area contributed by atoms with Crippen molar-refractivity contribution < 1.29 is 4.74 Å². The van der Waals surface area contributed by atoms with Crippen molar-refractivity contribution in [3.05, 3.63) is 72.1 Å². The molecule has 4 aromatic rings. The van der Waals surface area contributed by atoms with Crippen molar-refractivity contribution in [2.75, 3.05) is 7.11 Å². The molecule has 4 nitrogen and oxygen atoms in total. The molecular weight excluding hydrogens is 334 g/mol. The molecule has 2 aromatic carbocycles. The molecule has 0 fully saturated rings. The van der Waals surface area contributed by atoms with E-state index < -0.39 is 0 Å². The number of hydrogen-bond acceptors (Lipinski definition) is 3. The number of aromatic nitrogens is 3. The molecule has 0 saturated heterocycles. The third kappa shape index (κ3) is 3.08. The van der Waals surface area contributed by atoms with E-state index >= 15 is 0 Å². The number of aryl methyl sites for hydroxylation is 2. The zero-order valence-electron chi connectivity index (χ0n) is 15.9. The van der Waals surface area contributed by atoms with E-state index in [0.29, 0.717) is 0 Å². The van der Waals surface area contributed by atoms with E-state index in [1.54, 1.807) is 7.11 Å². The van der Waals surface area contributed by atoms with Crippen molar-refractivity contribution in [2.45, 2.75) is 26.7 Å². The maximum atomic E-state index is 5.31. The average Bonchev–Trinajstić information content (AvgIpc) is 3.13. The fraction of sp³-hybridized carbons (Fsp3) is 0.217. The lowest BCUT2D eigenvalue weighted by molar-refractivity contribution is 0.415. The van der Waals surface area contributed by atoms with Crippen LogP contribution in [-0.2, 0) is 12.8 Å². The Morgan fingerprint density at radius 2 is 1.63 bits per heavy atom. The fourth-order valence-electron chi connectivity index (χ4n) is 3.39. The smallest absolute Gasteiger partial charge is 0.164 e. The Kier molecular flexibility index (Phi) is 4.63. The zero-order chi connectivity index (χ0) is 18.8.